The minimum Gasteiger partial charge on any atom is -0.462 e. The Hall–Kier alpha value is -1.59. The molecule has 0 rings (SSSR count). The lowest BCUT2D eigenvalue weighted by atomic mass is 10.0. The summed E-state index contributed by atoms with van der Waals surface area (Å²) in [7, 11) is 0. The van der Waals surface area contributed by atoms with Crippen molar-refractivity contribution in [2.75, 3.05) is 13.2 Å². The lowest BCUT2D eigenvalue weighted by Crippen LogP contribution is -2.30. The minimum absolute atomic E-state index is 0.0604. The summed E-state index contributed by atoms with van der Waals surface area (Å²) in [6, 6.07) is 0. The van der Waals surface area contributed by atoms with E-state index in [1.807, 2.05) is 0 Å². The van der Waals surface area contributed by atoms with Gasteiger partial charge in [-0.25, -0.2) is 0 Å². The number of hydrogen-bond donors (Lipinski definition) is 0. The Balaban J connectivity index is 4.07. The molecule has 0 aliphatic carbocycles. The first-order valence-electron chi connectivity index (χ1n) is 37.5. The van der Waals surface area contributed by atoms with Crippen molar-refractivity contribution in [3.63, 3.8) is 0 Å². The molecule has 0 aliphatic heterocycles. The Kier molecular flexibility index (Phi) is 69.5. The molecule has 0 aliphatic rings. The molecule has 0 saturated heterocycles. The molecule has 6 nitrogen and oxygen atoms in total. The molecular weight excluding hydrogens is 997 g/mol. The maximum absolute atomic E-state index is 12.9. The van der Waals surface area contributed by atoms with Crippen molar-refractivity contribution in [2.45, 2.75) is 451 Å². The number of rotatable bonds is 71. The molecule has 0 saturated carbocycles. The highest BCUT2D eigenvalue weighted by atomic mass is 16.6. The quantitative estimate of drug-likeness (QED) is 0.0343. The number of carbonyl (C=O) groups is 3. The average molecular weight is 1140 g/mol. The van der Waals surface area contributed by atoms with Gasteiger partial charge in [0, 0.05) is 19.3 Å². The second-order valence-electron chi connectivity index (χ2n) is 25.9. The van der Waals surface area contributed by atoms with Crippen LogP contribution in [0.3, 0.4) is 0 Å². The van der Waals surface area contributed by atoms with Crippen molar-refractivity contribution in [3.05, 3.63) is 0 Å². The number of carbonyl (C=O) groups excluding carboxylic acids is 3. The fourth-order valence-corrected chi connectivity index (χ4v) is 12.0. The van der Waals surface area contributed by atoms with E-state index in [-0.39, 0.29) is 31.1 Å². The Bertz CT molecular complexity index is 1220. The smallest absolute Gasteiger partial charge is 0.306 e. The van der Waals surface area contributed by atoms with Crippen LogP contribution in [0.4, 0.5) is 0 Å². The van der Waals surface area contributed by atoms with Crippen LogP contribution < -0.4 is 0 Å². The SMILES string of the molecule is CCCCCCCCCCCCCCCCCCCCCCCCCCCCCCC(=O)OCC(COC(=O)CCCCCCCCCCCC)OC(=O)CCCCCCCCCCCCCCCCCCCCCCCCCCC. The van der Waals surface area contributed by atoms with Gasteiger partial charge in [0.2, 0.25) is 0 Å². The van der Waals surface area contributed by atoms with Gasteiger partial charge in [0.1, 0.15) is 13.2 Å². The summed E-state index contributed by atoms with van der Waals surface area (Å²) < 4.78 is 17.0. The van der Waals surface area contributed by atoms with Gasteiger partial charge in [0.05, 0.1) is 0 Å². The monoisotopic (exact) mass is 1140 g/mol. The van der Waals surface area contributed by atoms with Crippen LogP contribution >= 0.6 is 0 Å². The zero-order valence-corrected chi connectivity index (χ0v) is 55.6. The van der Waals surface area contributed by atoms with Gasteiger partial charge in [-0.2, -0.15) is 0 Å². The molecule has 0 amide bonds. The lowest BCUT2D eigenvalue weighted by molar-refractivity contribution is -0.167. The molecule has 0 aromatic rings. The fourth-order valence-electron chi connectivity index (χ4n) is 12.0. The summed E-state index contributed by atoms with van der Waals surface area (Å²) in [5.41, 5.74) is 0. The topological polar surface area (TPSA) is 78.9 Å². The van der Waals surface area contributed by atoms with Crippen LogP contribution in [0.1, 0.15) is 445 Å². The number of ether oxygens (including phenoxy) is 3. The highest BCUT2D eigenvalue weighted by Gasteiger charge is 2.20. The largest absolute Gasteiger partial charge is 0.462 e. The Morgan fingerprint density at radius 2 is 0.333 bits per heavy atom. The molecule has 1 unspecified atom stereocenters. The zero-order valence-electron chi connectivity index (χ0n) is 55.6. The minimum atomic E-state index is -0.763. The number of unbranched alkanes of at least 4 members (excludes halogenated alkanes) is 60. The summed E-state index contributed by atoms with van der Waals surface area (Å²) >= 11 is 0. The molecule has 0 bridgehead atoms. The van der Waals surface area contributed by atoms with Crippen molar-refractivity contribution >= 4 is 17.9 Å². The van der Waals surface area contributed by atoms with Gasteiger partial charge >= 0.3 is 17.9 Å². The first kappa shape index (κ1) is 79.4. The van der Waals surface area contributed by atoms with Gasteiger partial charge in [-0.05, 0) is 19.3 Å². The maximum Gasteiger partial charge on any atom is 0.306 e. The van der Waals surface area contributed by atoms with Crippen molar-refractivity contribution in [1.29, 1.82) is 0 Å². The molecule has 0 spiro atoms. The summed E-state index contributed by atoms with van der Waals surface area (Å²) in [6.07, 6.45) is 84.6. The molecule has 0 heterocycles. The predicted octanol–water partition coefficient (Wildman–Crippen LogP) is 25.8. The van der Waals surface area contributed by atoms with Crippen LogP contribution in [0.25, 0.3) is 0 Å². The van der Waals surface area contributed by atoms with Crippen molar-refractivity contribution in [1.82, 2.24) is 0 Å². The molecule has 0 aromatic heterocycles. The zero-order chi connectivity index (χ0) is 58.5. The van der Waals surface area contributed by atoms with Crippen molar-refractivity contribution in [3.8, 4) is 0 Å². The first-order valence-corrected chi connectivity index (χ1v) is 37.5. The van der Waals surface area contributed by atoms with Crippen molar-refractivity contribution < 1.29 is 28.6 Å². The van der Waals surface area contributed by atoms with Gasteiger partial charge in [-0.3, -0.25) is 14.4 Å². The second kappa shape index (κ2) is 70.9. The molecule has 0 aromatic carbocycles. The molecular formula is C75H146O6. The van der Waals surface area contributed by atoms with Gasteiger partial charge in [0.15, 0.2) is 6.10 Å². The third kappa shape index (κ3) is 69.1. The molecule has 0 radical (unpaired) electrons. The van der Waals surface area contributed by atoms with Crippen LogP contribution in [-0.2, 0) is 28.6 Å². The van der Waals surface area contributed by atoms with E-state index in [1.165, 1.54) is 347 Å². The molecule has 482 valence electrons. The van der Waals surface area contributed by atoms with Crippen LogP contribution in [0.15, 0.2) is 0 Å². The molecule has 81 heavy (non-hydrogen) atoms. The van der Waals surface area contributed by atoms with Gasteiger partial charge in [-0.15, -0.1) is 0 Å². The highest BCUT2D eigenvalue weighted by molar-refractivity contribution is 5.71. The maximum atomic E-state index is 12.9. The van der Waals surface area contributed by atoms with E-state index in [1.54, 1.807) is 0 Å². The number of esters is 3. The van der Waals surface area contributed by atoms with Crippen molar-refractivity contribution in [2.24, 2.45) is 0 Å². The second-order valence-corrected chi connectivity index (χ2v) is 25.9. The molecule has 0 fully saturated rings. The Morgan fingerprint density at radius 3 is 0.494 bits per heavy atom. The summed E-state index contributed by atoms with van der Waals surface area (Å²) in [4.78, 5) is 38.4. The third-order valence-electron chi connectivity index (χ3n) is 17.6. The van der Waals surface area contributed by atoms with E-state index in [4.69, 9.17) is 14.2 Å². The van der Waals surface area contributed by atoms with E-state index >= 15 is 0 Å². The van der Waals surface area contributed by atoms with Gasteiger partial charge in [-0.1, -0.05) is 406 Å². The fraction of sp³-hybridized carbons (Fsp3) is 0.960. The average Bonchev–Trinajstić information content (AvgIpc) is 3.47. The standard InChI is InChI=1S/C75H146O6/c1-4-7-10-13-16-19-22-24-26-28-30-32-34-36-37-38-40-41-43-45-47-49-51-53-56-59-62-65-68-74(77)80-71-72(70-79-73(76)67-64-61-58-55-21-18-15-12-9-6-3)81-75(78)69-66-63-60-57-54-52-50-48-46-44-42-39-35-33-31-29-27-25-23-20-17-14-11-8-5-2/h72H,4-71H2,1-3H3. The van der Waals surface area contributed by atoms with E-state index in [9.17, 15) is 14.4 Å². The first-order chi connectivity index (χ1) is 40.0. The van der Waals surface area contributed by atoms with Crippen LogP contribution in [-0.4, -0.2) is 37.2 Å². The van der Waals surface area contributed by atoms with E-state index in [2.05, 4.69) is 20.8 Å². The van der Waals surface area contributed by atoms with Gasteiger partial charge < -0.3 is 14.2 Å². The van der Waals surface area contributed by atoms with E-state index < -0.39 is 6.10 Å². The van der Waals surface area contributed by atoms with Gasteiger partial charge in [0.25, 0.3) is 0 Å². The Morgan fingerprint density at radius 1 is 0.198 bits per heavy atom. The molecule has 1 atom stereocenters. The van der Waals surface area contributed by atoms with Crippen LogP contribution in [0.5, 0.6) is 0 Å². The van der Waals surface area contributed by atoms with Crippen LogP contribution in [0.2, 0.25) is 0 Å². The van der Waals surface area contributed by atoms with E-state index in [0.717, 1.165) is 57.8 Å². The summed E-state index contributed by atoms with van der Waals surface area (Å²) in [5, 5.41) is 0. The molecule has 0 N–H and O–H groups in total. The molecule has 6 heteroatoms. The lowest BCUT2D eigenvalue weighted by Gasteiger charge is -2.18. The van der Waals surface area contributed by atoms with Crippen LogP contribution in [0, 0.1) is 0 Å². The number of hydrogen-bond acceptors (Lipinski definition) is 6. The highest BCUT2D eigenvalue weighted by Crippen LogP contribution is 2.20. The third-order valence-corrected chi connectivity index (χ3v) is 17.6. The summed E-state index contributed by atoms with van der Waals surface area (Å²) in [5.74, 6) is -0.822. The Labute approximate surface area is 508 Å². The van der Waals surface area contributed by atoms with E-state index in [0.29, 0.717) is 19.3 Å². The predicted molar refractivity (Wildman–Crippen MR) is 354 cm³/mol. The summed E-state index contributed by atoms with van der Waals surface area (Å²) in [6.45, 7) is 6.73. The normalized spacial score (nSPS) is 11.9.